The number of thioether (sulfide) groups is 1. The van der Waals surface area contributed by atoms with E-state index in [0.29, 0.717) is 12.1 Å². The first-order valence-corrected chi connectivity index (χ1v) is 9.03. The van der Waals surface area contributed by atoms with Gasteiger partial charge in [0.05, 0.1) is 0 Å². The highest BCUT2D eigenvalue weighted by Gasteiger charge is 2.73. The van der Waals surface area contributed by atoms with Gasteiger partial charge in [-0.2, -0.15) is 30.7 Å². The summed E-state index contributed by atoms with van der Waals surface area (Å²) in [4.78, 5) is -0.824. The van der Waals surface area contributed by atoms with Crippen molar-refractivity contribution in [2.75, 3.05) is 0 Å². The molecule has 0 unspecified atom stereocenters. The molecule has 0 saturated carbocycles. The second kappa shape index (κ2) is 7.51. The first kappa shape index (κ1) is 22.4. The Bertz CT molecular complexity index is 865. The molecule has 0 heterocycles. The molecule has 2 rings (SSSR count). The van der Waals surface area contributed by atoms with Crippen LogP contribution in [-0.4, -0.2) is 17.4 Å². The number of alkyl halides is 7. The number of benzene rings is 2. The summed E-state index contributed by atoms with van der Waals surface area (Å²) < 4.78 is 119. The van der Waals surface area contributed by atoms with Crippen LogP contribution in [0.3, 0.4) is 0 Å². The molecular weight excluding hydrogens is 543 g/mol. The first-order valence-electron chi connectivity index (χ1n) is 6.63. The van der Waals surface area contributed by atoms with Crippen molar-refractivity contribution in [3.63, 3.8) is 0 Å². The highest BCUT2D eigenvalue weighted by molar-refractivity contribution is 9.11. The Balaban J connectivity index is 2.66. The van der Waals surface area contributed by atoms with Crippen molar-refractivity contribution in [3.05, 3.63) is 50.9 Å². The SMILES string of the molecule is Fc1ccc(F)c(-c2c(Br)cc(Br)cc2SC(F)(F)C(F)(F)C(F)(F)F)c1. The molecule has 148 valence electrons. The molecule has 0 amide bonds. The number of hydrogen-bond donors (Lipinski definition) is 0. The van der Waals surface area contributed by atoms with E-state index >= 15 is 0 Å². The van der Waals surface area contributed by atoms with Gasteiger partial charge >= 0.3 is 17.4 Å². The molecular formula is C15H5Br2F9S. The normalized spacial score (nSPS) is 13.1. The van der Waals surface area contributed by atoms with Crippen molar-refractivity contribution in [2.45, 2.75) is 22.2 Å². The summed E-state index contributed by atoms with van der Waals surface area (Å²) in [6.07, 6.45) is -6.52. The van der Waals surface area contributed by atoms with Gasteiger partial charge < -0.3 is 0 Å². The van der Waals surface area contributed by atoms with Gasteiger partial charge in [0.1, 0.15) is 11.6 Å². The molecule has 0 radical (unpaired) electrons. The van der Waals surface area contributed by atoms with Crippen LogP contribution in [0.2, 0.25) is 0 Å². The molecule has 0 fully saturated rings. The van der Waals surface area contributed by atoms with Crippen molar-refractivity contribution in [1.82, 2.24) is 0 Å². The zero-order chi connectivity index (χ0) is 20.8. The van der Waals surface area contributed by atoms with E-state index in [-0.39, 0.29) is 8.95 Å². The maximum absolute atomic E-state index is 14.0. The quantitative estimate of drug-likeness (QED) is 0.276. The van der Waals surface area contributed by atoms with Gasteiger partial charge in [-0.3, -0.25) is 0 Å². The summed E-state index contributed by atoms with van der Waals surface area (Å²) in [5, 5.41) is -5.62. The van der Waals surface area contributed by atoms with Crippen molar-refractivity contribution in [1.29, 1.82) is 0 Å². The molecule has 0 atom stereocenters. The van der Waals surface area contributed by atoms with Gasteiger partial charge in [0, 0.05) is 25.0 Å². The summed E-state index contributed by atoms with van der Waals surface area (Å²) in [7, 11) is 0. The lowest BCUT2D eigenvalue weighted by Crippen LogP contribution is -2.49. The summed E-state index contributed by atoms with van der Waals surface area (Å²) in [5.74, 6) is -8.42. The molecule has 12 heteroatoms. The molecule has 0 spiro atoms. The van der Waals surface area contributed by atoms with Crippen LogP contribution < -0.4 is 0 Å². The predicted octanol–water partition coefficient (Wildman–Crippen LogP) is 8.04. The number of halogens is 11. The average molecular weight is 548 g/mol. The third-order valence-corrected chi connectivity index (χ3v) is 5.31. The smallest absolute Gasteiger partial charge is 0.207 e. The van der Waals surface area contributed by atoms with E-state index in [4.69, 9.17) is 0 Å². The van der Waals surface area contributed by atoms with E-state index in [1.807, 2.05) is 0 Å². The third-order valence-electron chi connectivity index (χ3n) is 3.18. The van der Waals surface area contributed by atoms with E-state index in [1.54, 1.807) is 0 Å². The zero-order valence-corrected chi connectivity index (χ0v) is 16.4. The third kappa shape index (κ3) is 4.42. The van der Waals surface area contributed by atoms with E-state index < -0.39 is 56.8 Å². The van der Waals surface area contributed by atoms with Crippen LogP contribution in [0.1, 0.15) is 0 Å². The molecule has 0 aliphatic carbocycles. The second-order valence-corrected chi connectivity index (χ2v) is 8.00. The minimum atomic E-state index is -6.52. The molecule has 27 heavy (non-hydrogen) atoms. The minimum absolute atomic E-state index is 0.0311. The Morgan fingerprint density at radius 1 is 0.815 bits per heavy atom. The largest absolute Gasteiger partial charge is 0.460 e. The van der Waals surface area contributed by atoms with E-state index in [2.05, 4.69) is 31.9 Å². The zero-order valence-electron chi connectivity index (χ0n) is 12.5. The van der Waals surface area contributed by atoms with Crippen LogP contribution in [0.4, 0.5) is 39.5 Å². The fourth-order valence-corrected chi connectivity index (χ4v) is 4.70. The van der Waals surface area contributed by atoms with Crippen molar-refractivity contribution in [3.8, 4) is 11.1 Å². The van der Waals surface area contributed by atoms with Gasteiger partial charge in [0.2, 0.25) is 0 Å². The maximum Gasteiger partial charge on any atom is 0.460 e. The molecule has 0 N–H and O–H groups in total. The Labute approximate surface area is 167 Å². The second-order valence-electron chi connectivity index (χ2n) is 5.08. The molecule has 0 saturated heterocycles. The monoisotopic (exact) mass is 546 g/mol. The van der Waals surface area contributed by atoms with E-state index in [0.717, 1.165) is 12.1 Å². The summed E-state index contributed by atoms with van der Waals surface area (Å²) in [6, 6.07) is 4.01. The molecule has 2 aromatic carbocycles. The average Bonchev–Trinajstić information content (AvgIpc) is 2.48. The highest BCUT2D eigenvalue weighted by atomic mass is 79.9. The van der Waals surface area contributed by atoms with Gasteiger partial charge in [0.25, 0.3) is 0 Å². The maximum atomic E-state index is 14.0. The minimum Gasteiger partial charge on any atom is -0.207 e. The van der Waals surface area contributed by atoms with Gasteiger partial charge in [-0.1, -0.05) is 31.9 Å². The fraction of sp³-hybridized carbons (Fsp3) is 0.200. The molecule has 0 nitrogen and oxygen atoms in total. The van der Waals surface area contributed by atoms with Crippen molar-refractivity contribution in [2.24, 2.45) is 0 Å². The molecule has 0 aliphatic heterocycles. The Morgan fingerprint density at radius 3 is 1.96 bits per heavy atom. The predicted molar refractivity (Wildman–Crippen MR) is 89.0 cm³/mol. The van der Waals surface area contributed by atoms with Crippen LogP contribution in [0, 0.1) is 11.6 Å². The van der Waals surface area contributed by atoms with Gasteiger partial charge in [-0.25, -0.2) is 8.78 Å². The fourth-order valence-electron chi connectivity index (χ4n) is 1.95. The lowest BCUT2D eigenvalue weighted by molar-refractivity contribution is -0.330. The lowest BCUT2D eigenvalue weighted by atomic mass is 10.0. The van der Waals surface area contributed by atoms with Crippen LogP contribution >= 0.6 is 43.6 Å². The number of hydrogen-bond acceptors (Lipinski definition) is 1. The Kier molecular flexibility index (Phi) is 6.23. The van der Waals surface area contributed by atoms with Crippen LogP contribution in [0.25, 0.3) is 11.1 Å². The van der Waals surface area contributed by atoms with E-state index in [1.165, 1.54) is 6.07 Å². The number of rotatable bonds is 4. The van der Waals surface area contributed by atoms with Gasteiger partial charge in [-0.15, -0.1) is 0 Å². The summed E-state index contributed by atoms with van der Waals surface area (Å²) >= 11 is 4.68. The molecule has 0 aliphatic rings. The van der Waals surface area contributed by atoms with Crippen LogP contribution in [0.5, 0.6) is 0 Å². The highest BCUT2D eigenvalue weighted by Crippen LogP contribution is 2.56. The van der Waals surface area contributed by atoms with E-state index in [9.17, 15) is 39.5 Å². The Morgan fingerprint density at radius 2 is 1.41 bits per heavy atom. The first-order chi connectivity index (χ1) is 12.2. The summed E-state index contributed by atoms with van der Waals surface area (Å²) in [6.45, 7) is 0. The van der Waals surface area contributed by atoms with Gasteiger partial charge in [-0.05, 0) is 42.1 Å². The topological polar surface area (TPSA) is 0 Å². The summed E-state index contributed by atoms with van der Waals surface area (Å²) in [5.41, 5.74) is -1.10. The lowest BCUT2D eigenvalue weighted by Gasteiger charge is -2.28. The van der Waals surface area contributed by atoms with Crippen molar-refractivity contribution < 1.29 is 39.5 Å². The molecule has 2 aromatic rings. The molecule has 0 bridgehead atoms. The van der Waals surface area contributed by atoms with Crippen molar-refractivity contribution >= 4 is 43.6 Å². The Hall–Kier alpha value is -0.880. The van der Waals surface area contributed by atoms with Crippen LogP contribution in [0.15, 0.2) is 44.2 Å². The molecule has 0 aromatic heterocycles. The van der Waals surface area contributed by atoms with Gasteiger partial charge in [0.15, 0.2) is 0 Å². The standard InChI is InChI=1S/C15H5Br2F9S/c16-6-3-9(17)12(8-5-7(18)1-2-10(8)19)11(4-6)27-15(25,26)13(20,21)14(22,23)24/h1-5H. The van der Waals surface area contributed by atoms with Crippen LogP contribution in [-0.2, 0) is 0 Å².